The molecule has 0 aromatic heterocycles. The predicted molar refractivity (Wildman–Crippen MR) is 113 cm³/mol. The minimum atomic E-state index is -0.0214. The molecule has 7 nitrogen and oxygen atoms in total. The molecule has 0 unspecified atom stereocenters. The second-order valence-corrected chi connectivity index (χ2v) is 6.81. The van der Waals surface area contributed by atoms with Crippen LogP contribution in [-0.2, 0) is 6.42 Å². The number of piperazine rings is 1. The molecule has 3 rings (SSSR count). The van der Waals surface area contributed by atoms with E-state index in [0.29, 0.717) is 31.1 Å². The maximum absolute atomic E-state index is 12.5. The van der Waals surface area contributed by atoms with Crippen molar-refractivity contribution in [3.8, 4) is 17.2 Å². The SMILES string of the molecule is COc1ccccc1CCNC(=O)N1CCN(c2ccc(OC)c(OC)c2)CC1. The summed E-state index contributed by atoms with van der Waals surface area (Å²) in [7, 11) is 4.92. The molecule has 7 heteroatoms. The van der Waals surface area contributed by atoms with Gasteiger partial charge in [0.25, 0.3) is 0 Å². The van der Waals surface area contributed by atoms with Crippen LogP contribution in [0.2, 0.25) is 0 Å². The first kappa shape index (κ1) is 20.6. The van der Waals surface area contributed by atoms with Crippen molar-refractivity contribution < 1.29 is 19.0 Å². The van der Waals surface area contributed by atoms with Gasteiger partial charge in [-0.2, -0.15) is 0 Å². The number of urea groups is 1. The number of rotatable bonds is 7. The third-order valence-corrected chi connectivity index (χ3v) is 5.16. The maximum atomic E-state index is 12.5. The highest BCUT2D eigenvalue weighted by molar-refractivity contribution is 5.74. The van der Waals surface area contributed by atoms with Gasteiger partial charge in [-0.3, -0.25) is 0 Å². The largest absolute Gasteiger partial charge is 0.496 e. The number of methoxy groups -OCH3 is 3. The number of benzene rings is 2. The first-order valence-electron chi connectivity index (χ1n) is 9.78. The molecule has 0 aliphatic carbocycles. The highest BCUT2D eigenvalue weighted by atomic mass is 16.5. The lowest BCUT2D eigenvalue weighted by Gasteiger charge is -2.36. The number of para-hydroxylation sites is 1. The zero-order valence-electron chi connectivity index (χ0n) is 17.3. The Kier molecular flexibility index (Phi) is 7.05. The Morgan fingerprint density at radius 2 is 1.59 bits per heavy atom. The van der Waals surface area contributed by atoms with Gasteiger partial charge in [-0.15, -0.1) is 0 Å². The molecule has 1 heterocycles. The number of anilines is 1. The highest BCUT2D eigenvalue weighted by Crippen LogP contribution is 2.31. The van der Waals surface area contributed by atoms with Gasteiger partial charge in [-0.25, -0.2) is 4.79 Å². The van der Waals surface area contributed by atoms with Crippen molar-refractivity contribution in [3.63, 3.8) is 0 Å². The van der Waals surface area contributed by atoms with E-state index < -0.39 is 0 Å². The summed E-state index contributed by atoms with van der Waals surface area (Å²) >= 11 is 0. The number of hydrogen-bond donors (Lipinski definition) is 1. The summed E-state index contributed by atoms with van der Waals surface area (Å²) in [5.41, 5.74) is 2.16. The molecule has 1 aliphatic heterocycles. The summed E-state index contributed by atoms with van der Waals surface area (Å²) in [5, 5.41) is 3.02. The number of ether oxygens (including phenoxy) is 3. The predicted octanol–water partition coefficient (Wildman–Crippen LogP) is 2.79. The molecule has 29 heavy (non-hydrogen) atoms. The summed E-state index contributed by atoms with van der Waals surface area (Å²) < 4.78 is 16.0. The number of amides is 2. The van der Waals surface area contributed by atoms with Crippen LogP contribution in [0.5, 0.6) is 17.2 Å². The van der Waals surface area contributed by atoms with Gasteiger partial charge in [0.2, 0.25) is 0 Å². The normalized spacial score (nSPS) is 13.8. The Bertz CT molecular complexity index is 819. The van der Waals surface area contributed by atoms with Crippen LogP contribution in [0.15, 0.2) is 42.5 Å². The fraction of sp³-hybridized carbons (Fsp3) is 0.409. The van der Waals surface area contributed by atoms with E-state index in [1.54, 1.807) is 21.3 Å². The Hall–Kier alpha value is -3.09. The van der Waals surface area contributed by atoms with Crippen LogP contribution in [0.1, 0.15) is 5.56 Å². The molecule has 2 aromatic carbocycles. The molecular formula is C22H29N3O4. The lowest BCUT2D eigenvalue weighted by Crippen LogP contribution is -2.52. The minimum absolute atomic E-state index is 0.0214. The van der Waals surface area contributed by atoms with Crippen LogP contribution in [0.25, 0.3) is 0 Å². The zero-order valence-corrected chi connectivity index (χ0v) is 17.3. The molecule has 0 spiro atoms. The van der Waals surface area contributed by atoms with E-state index >= 15 is 0 Å². The molecule has 0 atom stereocenters. The molecule has 0 saturated carbocycles. The summed E-state index contributed by atoms with van der Waals surface area (Å²) in [4.78, 5) is 16.6. The third kappa shape index (κ3) is 5.04. The van der Waals surface area contributed by atoms with Crippen molar-refractivity contribution in [2.75, 3.05) is 59.0 Å². The van der Waals surface area contributed by atoms with Gasteiger partial charge >= 0.3 is 6.03 Å². The Morgan fingerprint density at radius 3 is 2.28 bits per heavy atom. The van der Waals surface area contributed by atoms with Crippen LogP contribution in [0.4, 0.5) is 10.5 Å². The molecule has 2 amide bonds. The van der Waals surface area contributed by atoms with E-state index in [4.69, 9.17) is 14.2 Å². The first-order valence-corrected chi connectivity index (χ1v) is 9.78. The van der Waals surface area contributed by atoms with Gasteiger partial charge < -0.3 is 29.3 Å². The lowest BCUT2D eigenvalue weighted by molar-refractivity contribution is 0.194. The standard InChI is InChI=1S/C22H29N3O4/c1-27-19-7-5-4-6-17(19)10-11-23-22(26)25-14-12-24(13-15-25)18-8-9-20(28-2)21(16-18)29-3/h4-9,16H,10-15H2,1-3H3,(H,23,26). The molecule has 1 fully saturated rings. The van der Waals surface area contributed by atoms with Gasteiger partial charge in [-0.1, -0.05) is 18.2 Å². The van der Waals surface area contributed by atoms with Crippen molar-refractivity contribution in [2.24, 2.45) is 0 Å². The molecular weight excluding hydrogens is 370 g/mol. The summed E-state index contributed by atoms with van der Waals surface area (Å²) in [5.74, 6) is 2.27. The molecule has 156 valence electrons. The van der Waals surface area contributed by atoms with Crippen LogP contribution < -0.4 is 24.4 Å². The number of carbonyl (C=O) groups is 1. The number of carbonyl (C=O) groups excluding carboxylic acids is 1. The smallest absolute Gasteiger partial charge is 0.317 e. The first-order chi connectivity index (χ1) is 14.2. The molecule has 1 saturated heterocycles. The quantitative estimate of drug-likeness (QED) is 0.776. The summed E-state index contributed by atoms with van der Waals surface area (Å²) in [6.45, 7) is 3.48. The van der Waals surface area contributed by atoms with Crippen molar-refractivity contribution in [3.05, 3.63) is 48.0 Å². The monoisotopic (exact) mass is 399 g/mol. The fourth-order valence-corrected chi connectivity index (χ4v) is 3.51. The van der Waals surface area contributed by atoms with Gasteiger partial charge in [0, 0.05) is 44.5 Å². The topological polar surface area (TPSA) is 63.3 Å². The molecule has 0 radical (unpaired) electrons. The van der Waals surface area contributed by atoms with Crippen molar-refractivity contribution in [2.45, 2.75) is 6.42 Å². The van der Waals surface area contributed by atoms with Gasteiger partial charge in [0.1, 0.15) is 5.75 Å². The Morgan fingerprint density at radius 1 is 0.897 bits per heavy atom. The molecule has 0 bridgehead atoms. The molecule has 1 N–H and O–H groups in total. The third-order valence-electron chi connectivity index (χ3n) is 5.16. The van der Waals surface area contributed by atoms with Gasteiger partial charge in [0.05, 0.1) is 21.3 Å². The van der Waals surface area contributed by atoms with Crippen molar-refractivity contribution in [1.29, 1.82) is 0 Å². The van der Waals surface area contributed by atoms with E-state index in [1.807, 2.05) is 47.4 Å². The number of nitrogens with one attached hydrogen (secondary N) is 1. The van der Waals surface area contributed by atoms with Crippen LogP contribution in [0, 0.1) is 0 Å². The van der Waals surface area contributed by atoms with Gasteiger partial charge in [0.15, 0.2) is 11.5 Å². The van der Waals surface area contributed by atoms with Crippen LogP contribution in [-0.4, -0.2) is 65.0 Å². The van der Waals surface area contributed by atoms with E-state index in [-0.39, 0.29) is 6.03 Å². The number of nitrogens with zero attached hydrogens (tertiary/aromatic N) is 2. The second kappa shape index (κ2) is 9.91. The average Bonchev–Trinajstić information content (AvgIpc) is 2.78. The second-order valence-electron chi connectivity index (χ2n) is 6.81. The Balaban J connectivity index is 1.48. The van der Waals surface area contributed by atoms with E-state index in [9.17, 15) is 4.79 Å². The van der Waals surface area contributed by atoms with E-state index in [1.165, 1.54) is 0 Å². The highest BCUT2D eigenvalue weighted by Gasteiger charge is 2.22. The van der Waals surface area contributed by atoms with Crippen molar-refractivity contribution in [1.82, 2.24) is 10.2 Å². The van der Waals surface area contributed by atoms with E-state index in [0.717, 1.165) is 36.5 Å². The molecule has 2 aromatic rings. The lowest BCUT2D eigenvalue weighted by atomic mass is 10.1. The average molecular weight is 399 g/mol. The van der Waals surface area contributed by atoms with Crippen LogP contribution >= 0.6 is 0 Å². The van der Waals surface area contributed by atoms with Gasteiger partial charge in [-0.05, 0) is 30.2 Å². The number of hydrogen-bond acceptors (Lipinski definition) is 5. The Labute approximate surface area is 172 Å². The maximum Gasteiger partial charge on any atom is 0.317 e. The van der Waals surface area contributed by atoms with E-state index in [2.05, 4.69) is 10.2 Å². The van der Waals surface area contributed by atoms with Crippen molar-refractivity contribution >= 4 is 11.7 Å². The minimum Gasteiger partial charge on any atom is -0.496 e. The molecule has 1 aliphatic rings. The summed E-state index contributed by atoms with van der Waals surface area (Å²) in [6.07, 6.45) is 0.737. The van der Waals surface area contributed by atoms with Crippen LogP contribution in [0.3, 0.4) is 0 Å². The zero-order chi connectivity index (χ0) is 20.6. The summed E-state index contributed by atoms with van der Waals surface area (Å²) in [6, 6.07) is 13.8. The fourth-order valence-electron chi connectivity index (χ4n) is 3.51.